The number of benzene rings is 2. The summed E-state index contributed by atoms with van der Waals surface area (Å²) in [4.78, 5) is 20.0. The average Bonchev–Trinajstić information content (AvgIpc) is 3.06. The Hall–Kier alpha value is -2.03. The van der Waals surface area contributed by atoms with E-state index in [1.165, 1.54) is 11.8 Å². The Morgan fingerprint density at radius 1 is 1.25 bits per heavy atom. The maximum absolute atomic E-state index is 13.3. The quantitative estimate of drug-likeness (QED) is 0.508. The van der Waals surface area contributed by atoms with E-state index in [0.29, 0.717) is 22.2 Å². The molecule has 0 bridgehead atoms. The number of rotatable bonds is 8. The van der Waals surface area contributed by atoms with E-state index in [1.54, 1.807) is 23.1 Å². The Balaban J connectivity index is 1.93. The van der Waals surface area contributed by atoms with Gasteiger partial charge in [-0.25, -0.2) is 0 Å². The molecular weight excluding hydrogens is 471 g/mol. The van der Waals surface area contributed by atoms with E-state index < -0.39 is 12.7 Å². The number of nitrogens with zero attached hydrogens (tertiary/aromatic N) is 2. The van der Waals surface area contributed by atoms with Crippen molar-refractivity contribution in [3.05, 3.63) is 62.5 Å². The van der Waals surface area contributed by atoms with Gasteiger partial charge in [0.25, 0.3) is 5.91 Å². The molecule has 2 N–H and O–H groups in total. The number of hydrogen-bond donors (Lipinski definition) is 2. The summed E-state index contributed by atoms with van der Waals surface area (Å²) in [6.45, 7) is 4.03. The van der Waals surface area contributed by atoms with Gasteiger partial charge in [0.05, 0.1) is 27.2 Å². The molecule has 6 nitrogen and oxygen atoms in total. The van der Waals surface area contributed by atoms with Crippen molar-refractivity contribution in [2.75, 3.05) is 24.7 Å². The number of carbonyl (C=O) groups is 1. The number of aryl methyl sites for hydroxylation is 1. The number of aliphatic imine (C=N–C) groups is 1. The largest absolute Gasteiger partial charge is 0.488 e. The lowest BCUT2D eigenvalue weighted by atomic mass is 10.1. The van der Waals surface area contributed by atoms with Gasteiger partial charge in [0, 0.05) is 6.54 Å². The van der Waals surface area contributed by atoms with Crippen LogP contribution in [0.4, 0.5) is 5.69 Å². The molecular formula is C23H24Cl2N2O4S. The third-order valence-corrected chi connectivity index (χ3v) is 6.15. The number of aliphatic hydroxyl groups is 2. The number of amides is 1. The molecule has 0 saturated carbocycles. The van der Waals surface area contributed by atoms with E-state index in [-0.39, 0.29) is 28.3 Å². The lowest BCUT2D eigenvalue weighted by Crippen LogP contribution is -2.29. The molecule has 1 fully saturated rings. The van der Waals surface area contributed by atoms with Gasteiger partial charge in [-0.05, 0) is 60.5 Å². The van der Waals surface area contributed by atoms with Crippen molar-refractivity contribution in [2.24, 2.45) is 4.99 Å². The van der Waals surface area contributed by atoms with Crippen molar-refractivity contribution in [1.82, 2.24) is 0 Å². The molecule has 1 saturated heterocycles. The molecule has 0 spiro atoms. The fourth-order valence-electron chi connectivity index (χ4n) is 3.00. The van der Waals surface area contributed by atoms with Crippen LogP contribution in [0.2, 0.25) is 10.0 Å². The molecule has 0 aliphatic carbocycles. The van der Waals surface area contributed by atoms with Crippen LogP contribution in [0.3, 0.4) is 0 Å². The van der Waals surface area contributed by atoms with Crippen molar-refractivity contribution in [1.29, 1.82) is 0 Å². The molecule has 3 rings (SSSR count). The lowest BCUT2D eigenvalue weighted by molar-refractivity contribution is -0.113. The predicted molar refractivity (Wildman–Crippen MR) is 132 cm³/mol. The number of para-hydroxylation sites is 1. The molecule has 170 valence electrons. The van der Waals surface area contributed by atoms with Crippen LogP contribution >= 0.6 is 35.0 Å². The van der Waals surface area contributed by atoms with Crippen molar-refractivity contribution >= 4 is 57.8 Å². The molecule has 2 aromatic carbocycles. The van der Waals surface area contributed by atoms with Crippen LogP contribution < -0.4 is 9.64 Å². The molecule has 1 heterocycles. The maximum Gasteiger partial charge on any atom is 0.271 e. The number of halogens is 2. The van der Waals surface area contributed by atoms with Crippen LogP contribution in [0.15, 0.2) is 46.3 Å². The lowest BCUT2D eigenvalue weighted by Gasteiger charge is -2.18. The van der Waals surface area contributed by atoms with E-state index in [2.05, 4.69) is 4.99 Å². The summed E-state index contributed by atoms with van der Waals surface area (Å²) in [5.74, 6) is 0.0397. The fourth-order valence-corrected chi connectivity index (χ4v) is 4.61. The smallest absolute Gasteiger partial charge is 0.271 e. The second-order valence-electron chi connectivity index (χ2n) is 7.16. The topological polar surface area (TPSA) is 82.4 Å². The molecule has 0 radical (unpaired) electrons. The Bertz CT molecular complexity index is 1040. The summed E-state index contributed by atoms with van der Waals surface area (Å²) in [6, 6.07) is 10.9. The monoisotopic (exact) mass is 494 g/mol. The zero-order valence-corrected chi connectivity index (χ0v) is 20.0. The molecule has 1 atom stereocenters. The average molecular weight is 495 g/mol. The number of amidine groups is 1. The van der Waals surface area contributed by atoms with Crippen molar-refractivity contribution in [3.8, 4) is 5.75 Å². The summed E-state index contributed by atoms with van der Waals surface area (Å²) in [5, 5.41) is 19.5. The maximum atomic E-state index is 13.3. The zero-order valence-electron chi connectivity index (χ0n) is 17.7. The first-order valence-electron chi connectivity index (χ1n) is 10.1. The van der Waals surface area contributed by atoms with Crippen LogP contribution in [0.5, 0.6) is 5.75 Å². The van der Waals surface area contributed by atoms with E-state index in [9.17, 15) is 9.90 Å². The zero-order chi connectivity index (χ0) is 23.3. The van der Waals surface area contributed by atoms with Crippen LogP contribution in [0.1, 0.15) is 24.5 Å². The van der Waals surface area contributed by atoms with E-state index in [1.807, 2.05) is 38.1 Å². The SMILES string of the molecule is CCCN=C1S/C(=C\c2cc(Cl)c(OC[C@H](O)CO)c(Cl)c2)C(=O)N1c1ccccc1C. The highest BCUT2D eigenvalue weighted by Gasteiger charge is 2.35. The number of hydrogen-bond acceptors (Lipinski definition) is 6. The van der Waals surface area contributed by atoms with Gasteiger partial charge in [0.15, 0.2) is 10.9 Å². The molecule has 0 aromatic heterocycles. The molecule has 32 heavy (non-hydrogen) atoms. The Morgan fingerprint density at radius 3 is 2.56 bits per heavy atom. The highest BCUT2D eigenvalue weighted by molar-refractivity contribution is 8.19. The van der Waals surface area contributed by atoms with Crippen molar-refractivity contribution < 1.29 is 19.7 Å². The number of aliphatic hydroxyl groups excluding tert-OH is 2. The Kier molecular flexibility index (Phi) is 8.62. The van der Waals surface area contributed by atoms with E-state index in [4.69, 9.17) is 33.0 Å². The van der Waals surface area contributed by atoms with Crippen molar-refractivity contribution in [3.63, 3.8) is 0 Å². The molecule has 1 amide bonds. The predicted octanol–water partition coefficient (Wildman–Crippen LogP) is 4.92. The summed E-state index contributed by atoms with van der Waals surface area (Å²) in [6.07, 6.45) is 1.55. The summed E-state index contributed by atoms with van der Waals surface area (Å²) >= 11 is 13.9. The number of ether oxygens (including phenoxy) is 1. The third kappa shape index (κ3) is 5.66. The first kappa shape index (κ1) is 24.6. The highest BCUT2D eigenvalue weighted by Crippen LogP contribution is 2.39. The summed E-state index contributed by atoms with van der Waals surface area (Å²) in [7, 11) is 0. The van der Waals surface area contributed by atoms with Gasteiger partial charge in [0.2, 0.25) is 0 Å². The van der Waals surface area contributed by atoms with Gasteiger partial charge in [0.1, 0.15) is 12.7 Å². The van der Waals surface area contributed by atoms with Crippen LogP contribution in [-0.4, -0.2) is 47.2 Å². The number of carbonyl (C=O) groups excluding carboxylic acids is 1. The van der Waals surface area contributed by atoms with Gasteiger partial charge < -0.3 is 14.9 Å². The van der Waals surface area contributed by atoms with Gasteiger partial charge in [-0.3, -0.25) is 14.7 Å². The first-order chi connectivity index (χ1) is 15.3. The second-order valence-corrected chi connectivity index (χ2v) is 8.99. The summed E-state index contributed by atoms with van der Waals surface area (Å²) < 4.78 is 5.42. The van der Waals surface area contributed by atoms with E-state index >= 15 is 0 Å². The first-order valence-corrected chi connectivity index (χ1v) is 11.7. The normalized spacial score (nSPS) is 17.4. The minimum atomic E-state index is -1.04. The molecule has 0 unspecified atom stereocenters. The van der Waals surface area contributed by atoms with Gasteiger partial charge in [-0.2, -0.15) is 0 Å². The van der Waals surface area contributed by atoms with Crippen molar-refractivity contribution in [2.45, 2.75) is 26.4 Å². The fraction of sp³-hybridized carbons (Fsp3) is 0.304. The van der Waals surface area contributed by atoms with Gasteiger partial charge >= 0.3 is 0 Å². The highest BCUT2D eigenvalue weighted by atomic mass is 35.5. The Morgan fingerprint density at radius 2 is 1.94 bits per heavy atom. The number of thioether (sulfide) groups is 1. The third-order valence-electron chi connectivity index (χ3n) is 4.58. The van der Waals surface area contributed by atoms with Crippen LogP contribution in [0.25, 0.3) is 6.08 Å². The molecule has 1 aliphatic rings. The van der Waals surface area contributed by atoms with Gasteiger partial charge in [-0.15, -0.1) is 0 Å². The van der Waals surface area contributed by atoms with E-state index in [0.717, 1.165) is 17.7 Å². The summed E-state index contributed by atoms with van der Waals surface area (Å²) in [5.41, 5.74) is 2.41. The van der Waals surface area contributed by atoms with Crippen LogP contribution in [0, 0.1) is 6.92 Å². The minimum Gasteiger partial charge on any atom is -0.488 e. The Labute approximate surface area is 201 Å². The molecule has 1 aliphatic heterocycles. The minimum absolute atomic E-state index is 0.145. The van der Waals surface area contributed by atoms with Crippen LogP contribution in [-0.2, 0) is 4.79 Å². The molecule has 2 aromatic rings. The standard InChI is InChI=1S/C23H24Cl2N2O4S/c1-3-8-26-23-27(19-7-5-4-6-14(19)2)22(30)20(32-23)11-15-9-17(24)21(18(25)10-15)31-13-16(29)12-28/h4-7,9-11,16,28-29H,3,8,12-13H2,1-2H3/b20-11-,26-23?/t16-/m1/s1. The van der Waals surface area contributed by atoms with Gasteiger partial charge in [-0.1, -0.05) is 48.3 Å². The number of anilines is 1. The second kappa shape index (κ2) is 11.2. The molecule has 9 heteroatoms.